The molecule has 1 atom stereocenters. The van der Waals surface area contributed by atoms with Gasteiger partial charge in [-0.15, -0.1) is 20.2 Å². The molecule has 0 aromatic carbocycles. The standard InChI is InChI=1S/C3H6N2O6.C2H6O2/c1-3(11-5(8)9)2-10-4(6)7;3-1-2-4/h3H,2H2,1H3;3-4H,1-2H2. The van der Waals surface area contributed by atoms with E-state index < -0.39 is 22.9 Å². The second kappa shape index (κ2) is 10.4. The van der Waals surface area contributed by atoms with Crippen molar-refractivity contribution >= 4 is 0 Å². The van der Waals surface area contributed by atoms with Gasteiger partial charge in [-0.25, -0.2) is 0 Å². The van der Waals surface area contributed by atoms with Gasteiger partial charge < -0.3 is 19.9 Å². The molecule has 0 aliphatic rings. The molecule has 0 aromatic heterocycles. The first kappa shape index (κ1) is 15.8. The average Bonchev–Trinajstić information content (AvgIpc) is 2.14. The molecule has 0 bridgehead atoms. The van der Waals surface area contributed by atoms with Gasteiger partial charge in [0.25, 0.3) is 10.2 Å². The van der Waals surface area contributed by atoms with E-state index in [9.17, 15) is 20.2 Å². The molecule has 0 fully saturated rings. The summed E-state index contributed by atoms with van der Waals surface area (Å²) in [5.41, 5.74) is 0. The molecule has 0 aliphatic carbocycles. The van der Waals surface area contributed by atoms with Gasteiger partial charge in [0.15, 0.2) is 0 Å². The number of hydrogen-bond donors (Lipinski definition) is 2. The van der Waals surface area contributed by atoms with Gasteiger partial charge in [-0.3, -0.25) is 0 Å². The van der Waals surface area contributed by atoms with Crippen LogP contribution in [0.3, 0.4) is 0 Å². The molecule has 0 aliphatic heterocycles. The molecule has 0 spiro atoms. The minimum atomic E-state index is -1.04. The van der Waals surface area contributed by atoms with Crippen LogP contribution in [0.25, 0.3) is 0 Å². The molecule has 10 heteroatoms. The minimum absolute atomic E-state index is 0.125. The molecule has 0 heterocycles. The lowest BCUT2D eigenvalue weighted by atomic mass is 10.5. The molecular weight excluding hydrogens is 216 g/mol. The number of nitrogens with zero attached hydrogens (tertiary/aromatic N) is 2. The molecule has 1 unspecified atom stereocenters. The Morgan fingerprint density at radius 1 is 1.20 bits per heavy atom. The van der Waals surface area contributed by atoms with E-state index in [-0.39, 0.29) is 13.2 Å². The molecule has 2 N–H and O–H groups in total. The van der Waals surface area contributed by atoms with Crippen molar-refractivity contribution in [2.75, 3.05) is 19.8 Å². The summed E-state index contributed by atoms with van der Waals surface area (Å²) < 4.78 is 0. The maximum absolute atomic E-state index is 9.61. The van der Waals surface area contributed by atoms with Gasteiger partial charge in [-0.05, 0) is 6.92 Å². The molecular formula is C5H12N2O8. The zero-order chi connectivity index (χ0) is 12.3. The summed E-state index contributed by atoms with van der Waals surface area (Å²) in [5, 5.41) is 32.3. The van der Waals surface area contributed by atoms with Gasteiger partial charge in [-0.2, -0.15) is 0 Å². The van der Waals surface area contributed by atoms with Crippen LogP contribution >= 0.6 is 0 Å². The average molecular weight is 228 g/mol. The molecule has 0 aromatic rings. The Labute approximate surface area is 84.2 Å². The summed E-state index contributed by atoms with van der Waals surface area (Å²) in [6.45, 7) is 0.584. The molecule has 0 saturated carbocycles. The molecule has 0 radical (unpaired) electrons. The maximum atomic E-state index is 9.61. The highest BCUT2D eigenvalue weighted by atomic mass is 17.0. The Morgan fingerprint density at radius 3 is 1.93 bits per heavy atom. The highest BCUT2D eigenvalue weighted by Crippen LogP contribution is 1.91. The SMILES string of the molecule is CC(CO[N+](=O)[O-])O[N+](=O)[O-].OCCO. The van der Waals surface area contributed by atoms with E-state index >= 15 is 0 Å². The van der Waals surface area contributed by atoms with Crippen molar-refractivity contribution in [3.05, 3.63) is 20.2 Å². The molecule has 90 valence electrons. The Hall–Kier alpha value is -1.68. The van der Waals surface area contributed by atoms with Crippen LogP contribution in [0.1, 0.15) is 6.92 Å². The molecule has 15 heavy (non-hydrogen) atoms. The Balaban J connectivity index is 0. The van der Waals surface area contributed by atoms with Crippen LogP contribution in [0.5, 0.6) is 0 Å². The number of rotatable bonds is 6. The lowest BCUT2D eigenvalue weighted by Crippen LogP contribution is -2.21. The predicted molar refractivity (Wildman–Crippen MR) is 44.7 cm³/mol. The van der Waals surface area contributed by atoms with E-state index in [0.29, 0.717) is 0 Å². The Bertz CT molecular complexity index is 184. The topological polar surface area (TPSA) is 145 Å². The number of aliphatic hydroxyl groups excluding tert-OH is 2. The summed E-state index contributed by atoms with van der Waals surface area (Å²) in [5.74, 6) is 0. The summed E-state index contributed by atoms with van der Waals surface area (Å²) in [4.78, 5) is 26.9. The van der Waals surface area contributed by atoms with Gasteiger partial charge in [0.05, 0.1) is 13.2 Å². The molecule has 0 amide bonds. The third-order valence-corrected chi connectivity index (χ3v) is 0.781. The van der Waals surface area contributed by atoms with E-state index in [1.807, 2.05) is 0 Å². The van der Waals surface area contributed by atoms with E-state index in [1.54, 1.807) is 0 Å². The minimum Gasteiger partial charge on any atom is -0.394 e. The second-order valence-corrected chi connectivity index (χ2v) is 2.11. The van der Waals surface area contributed by atoms with Crippen LogP contribution in [-0.2, 0) is 9.68 Å². The lowest BCUT2D eigenvalue weighted by Gasteiger charge is -2.05. The van der Waals surface area contributed by atoms with Crippen LogP contribution in [0.4, 0.5) is 0 Å². The second-order valence-electron chi connectivity index (χ2n) is 2.11. The van der Waals surface area contributed by atoms with E-state index in [2.05, 4.69) is 9.68 Å². The Kier molecular flexibility index (Phi) is 10.9. The summed E-state index contributed by atoms with van der Waals surface area (Å²) in [6, 6.07) is 0. The highest BCUT2D eigenvalue weighted by molar-refractivity contribution is 4.39. The predicted octanol–water partition coefficient (Wildman–Crippen LogP) is -1.24. The quantitative estimate of drug-likeness (QED) is 0.424. The van der Waals surface area contributed by atoms with Crippen molar-refractivity contribution < 1.29 is 30.1 Å². The normalized spacial score (nSPS) is 10.6. The van der Waals surface area contributed by atoms with Crippen LogP contribution < -0.4 is 0 Å². The van der Waals surface area contributed by atoms with Gasteiger partial charge in [0.2, 0.25) is 0 Å². The Morgan fingerprint density at radius 2 is 1.67 bits per heavy atom. The zero-order valence-electron chi connectivity index (χ0n) is 7.94. The molecule has 0 rings (SSSR count). The number of aliphatic hydroxyl groups is 2. The fourth-order valence-corrected chi connectivity index (χ4v) is 0.343. The fraction of sp³-hybridized carbons (Fsp3) is 1.00. The van der Waals surface area contributed by atoms with Gasteiger partial charge in [0, 0.05) is 0 Å². The highest BCUT2D eigenvalue weighted by Gasteiger charge is 2.08. The first-order valence-corrected chi connectivity index (χ1v) is 3.74. The first-order valence-electron chi connectivity index (χ1n) is 3.74. The van der Waals surface area contributed by atoms with Gasteiger partial charge >= 0.3 is 0 Å². The monoisotopic (exact) mass is 228 g/mol. The summed E-state index contributed by atoms with van der Waals surface area (Å²) >= 11 is 0. The third kappa shape index (κ3) is 19.0. The van der Waals surface area contributed by atoms with E-state index in [0.717, 1.165) is 0 Å². The smallest absolute Gasteiger partial charge is 0.294 e. The lowest BCUT2D eigenvalue weighted by molar-refractivity contribution is -0.789. The van der Waals surface area contributed by atoms with E-state index in [1.165, 1.54) is 6.92 Å². The number of hydrogen-bond acceptors (Lipinski definition) is 8. The van der Waals surface area contributed by atoms with Gasteiger partial charge in [0.1, 0.15) is 12.7 Å². The molecule has 0 saturated heterocycles. The first-order chi connectivity index (χ1) is 6.93. The zero-order valence-corrected chi connectivity index (χ0v) is 7.94. The summed E-state index contributed by atoms with van der Waals surface area (Å²) in [7, 11) is 0. The largest absolute Gasteiger partial charge is 0.394 e. The van der Waals surface area contributed by atoms with Crippen molar-refractivity contribution in [3.8, 4) is 0 Å². The van der Waals surface area contributed by atoms with Crippen molar-refractivity contribution in [1.29, 1.82) is 0 Å². The molecule has 10 nitrogen and oxygen atoms in total. The van der Waals surface area contributed by atoms with Crippen LogP contribution in [-0.4, -0.2) is 46.3 Å². The van der Waals surface area contributed by atoms with Gasteiger partial charge in [-0.1, -0.05) is 0 Å². The van der Waals surface area contributed by atoms with Crippen molar-refractivity contribution in [3.63, 3.8) is 0 Å². The van der Waals surface area contributed by atoms with Crippen LogP contribution in [0, 0.1) is 20.2 Å². The summed E-state index contributed by atoms with van der Waals surface area (Å²) in [6.07, 6.45) is -0.935. The fourth-order valence-electron chi connectivity index (χ4n) is 0.343. The van der Waals surface area contributed by atoms with Crippen molar-refractivity contribution in [1.82, 2.24) is 0 Å². The van der Waals surface area contributed by atoms with Crippen LogP contribution in [0.15, 0.2) is 0 Å². The van der Waals surface area contributed by atoms with E-state index in [4.69, 9.17) is 10.2 Å². The maximum Gasteiger partial charge on any atom is 0.294 e. The third-order valence-electron chi connectivity index (χ3n) is 0.781. The van der Waals surface area contributed by atoms with Crippen molar-refractivity contribution in [2.45, 2.75) is 13.0 Å². The van der Waals surface area contributed by atoms with Crippen LogP contribution in [0.2, 0.25) is 0 Å². The van der Waals surface area contributed by atoms with Crippen molar-refractivity contribution in [2.24, 2.45) is 0 Å².